The van der Waals surface area contributed by atoms with Gasteiger partial charge in [-0.3, -0.25) is 4.79 Å². The molecule has 1 unspecified atom stereocenters. The number of anilines is 1. The number of nitrogens with one attached hydrogen (secondary N) is 1. The van der Waals surface area contributed by atoms with Crippen LogP contribution in [0.3, 0.4) is 0 Å². The zero-order chi connectivity index (χ0) is 17.1. The number of hydrogen-bond donors (Lipinski definition) is 1. The number of amides is 1. The highest BCUT2D eigenvalue weighted by Gasteiger charge is 2.19. The van der Waals surface area contributed by atoms with Gasteiger partial charge < -0.3 is 10.1 Å². The van der Waals surface area contributed by atoms with E-state index in [0.717, 1.165) is 11.0 Å². The maximum Gasteiger partial charge on any atom is 0.337 e. The molecular formula is C17H16N4O3. The van der Waals surface area contributed by atoms with E-state index in [2.05, 4.69) is 20.4 Å². The van der Waals surface area contributed by atoms with Crippen LogP contribution in [0.2, 0.25) is 0 Å². The third-order valence-corrected chi connectivity index (χ3v) is 3.67. The molecule has 7 heteroatoms. The van der Waals surface area contributed by atoms with Crippen molar-refractivity contribution in [3.8, 4) is 0 Å². The van der Waals surface area contributed by atoms with Crippen LogP contribution in [-0.2, 0) is 9.53 Å². The maximum absolute atomic E-state index is 12.5. The molecule has 0 radical (unpaired) electrons. The molecule has 0 saturated heterocycles. The second kappa shape index (κ2) is 6.49. The van der Waals surface area contributed by atoms with Gasteiger partial charge in [0.1, 0.15) is 11.6 Å². The van der Waals surface area contributed by atoms with Crippen LogP contribution < -0.4 is 5.32 Å². The first-order valence-corrected chi connectivity index (χ1v) is 7.39. The molecule has 1 N–H and O–H groups in total. The lowest BCUT2D eigenvalue weighted by molar-refractivity contribution is -0.119. The van der Waals surface area contributed by atoms with Gasteiger partial charge in [0.05, 0.1) is 18.2 Å². The monoisotopic (exact) mass is 324 g/mol. The van der Waals surface area contributed by atoms with E-state index in [4.69, 9.17) is 0 Å². The van der Waals surface area contributed by atoms with Gasteiger partial charge in [0.25, 0.3) is 0 Å². The fraction of sp³-hybridized carbons (Fsp3) is 0.176. The van der Waals surface area contributed by atoms with Gasteiger partial charge in [-0.1, -0.05) is 23.4 Å². The van der Waals surface area contributed by atoms with Gasteiger partial charge in [-0.2, -0.15) is 0 Å². The molecule has 0 aliphatic carbocycles. The third-order valence-electron chi connectivity index (χ3n) is 3.67. The Balaban J connectivity index is 1.81. The summed E-state index contributed by atoms with van der Waals surface area (Å²) in [5, 5.41) is 10.9. The second-order valence-electron chi connectivity index (χ2n) is 5.26. The SMILES string of the molecule is COC(=O)c1cccc(NC(=O)C(C)n2nnc3ccccc32)c1. The first-order valence-electron chi connectivity index (χ1n) is 7.39. The summed E-state index contributed by atoms with van der Waals surface area (Å²) in [5.74, 6) is -0.714. The van der Waals surface area contributed by atoms with Crippen LogP contribution in [0.15, 0.2) is 48.5 Å². The number of carbonyl (C=O) groups is 2. The number of para-hydroxylation sites is 1. The van der Waals surface area contributed by atoms with E-state index in [0.29, 0.717) is 11.3 Å². The largest absolute Gasteiger partial charge is 0.465 e. The summed E-state index contributed by atoms with van der Waals surface area (Å²) in [7, 11) is 1.31. The normalized spacial score (nSPS) is 11.9. The highest BCUT2D eigenvalue weighted by Crippen LogP contribution is 2.18. The standard InChI is InChI=1S/C17H16N4O3/c1-11(21-15-9-4-3-8-14(15)19-20-21)16(22)18-13-7-5-6-12(10-13)17(23)24-2/h3-11H,1-2H3,(H,18,22). The number of hydrogen-bond acceptors (Lipinski definition) is 5. The first-order chi connectivity index (χ1) is 11.6. The fourth-order valence-electron chi connectivity index (χ4n) is 2.37. The summed E-state index contributed by atoms with van der Waals surface area (Å²) in [6, 6.07) is 13.4. The van der Waals surface area contributed by atoms with Crippen LogP contribution in [0.5, 0.6) is 0 Å². The molecule has 1 aromatic heterocycles. The smallest absolute Gasteiger partial charge is 0.337 e. The fourth-order valence-corrected chi connectivity index (χ4v) is 2.37. The van der Waals surface area contributed by atoms with E-state index in [9.17, 15) is 9.59 Å². The lowest BCUT2D eigenvalue weighted by atomic mass is 10.2. The van der Waals surface area contributed by atoms with Crippen LogP contribution in [-0.4, -0.2) is 34.0 Å². The third kappa shape index (κ3) is 2.96. The number of fused-ring (bicyclic) bond motifs is 1. The van der Waals surface area contributed by atoms with Gasteiger partial charge >= 0.3 is 5.97 Å². The summed E-state index contributed by atoms with van der Waals surface area (Å²) in [4.78, 5) is 24.1. The number of carbonyl (C=O) groups excluding carboxylic acids is 2. The molecule has 0 bridgehead atoms. The lowest BCUT2D eigenvalue weighted by Crippen LogP contribution is -2.24. The molecule has 0 aliphatic rings. The van der Waals surface area contributed by atoms with Crippen molar-refractivity contribution >= 4 is 28.6 Å². The molecule has 3 rings (SSSR count). The van der Waals surface area contributed by atoms with Crippen LogP contribution in [0.4, 0.5) is 5.69 Å². The summed E-state index contributed by atoms with van der Waals surface area (Å²) in [6.45, 7) is 1.74. The van der Waals surface area contributed by atoms with Crippen LogP contribution >= 0.6 is 0 Å². The molecule has 1 atom stereocenters. The zero-order valence-corrected chi connectivity index (χ0v) is 13.3. The molecule has 3 aromatic rings. The molecule has 122 valence electrons. The minimum Gasteiger partial charge on any atom is -0.465 e. The van der Waals surface area contributed by atoms with Crippen molar-refractivity contribution in [2.24, 2.45) is 0 Å². The van der Waals surface area contributed by atoms with E-state index >= 15 is 0 Å². The number of nitrogens with zero attached hydrogens (tertiary/aromatic N) is 3. The van der Waals surface area contributed by atoms with E-state index in [1.807, 2.05) is 24.3 Å². The molecule has 24 heavy (non-hydrogen) atoms. The molecule has 0 spiro atoms. The predicted octanol–water partition coefficient (Wildman–Crippen LogP) is 2.42. The highest BCUT2D eigenvalue weighted by molar-refractivity contribution is 5.96. The second-order valence-corrected chi connectivity index (χ2v) is 5.26. The average molecular weight is 324 g/mol. The molecule has 7 nitrogen and oxygen atoms in total. The molecule has 1 amide bonds. The Kier molecular flexibility index (Phi) is 4.24. The number of methoxy groups -OCH3 is 1. The Morgan fingerprint density at radius 2 is 1.96 bits per heavy atom. The van der Waals surface area contributed by atoms with E-state index in [-0.39, 0.29) is 5.91 Å². The van der Waals surface area contributed by atoms with Crippen LogP contribution in [0, 0.1) is 0 Å². The minimum atomic E-state index is -0.556. The van der Waals surface area contributed by atoms with Crippen LogP contribution in [0.25, 0.3) is 11.0 Å². The Hall–Kier alpha value is -3.22. The average Bonchev–Trinajstić information content (AvgIpc) is 3.04. The Morgan fingerprint density at radius 3 is 2.75 bits per heavy atom. The lowest BCUT2D eigenvalue weighted by Gasteiger charge is -2.13. The van der Waals surface area contributed by atoms with Gasteiger partial charge in [-0.25, -0.2) is 9.48 Å². The minimum absolute atomic E-state index is 0.257. The molecule has 2 aromatic carbocycles. The summed E-state index contributed by atoms with van der Waals surface area (Å²) in [5.41, 5.74) is 2.39. The van der Waals surface area contributed by atoms with Crippen molar-refractivity contribution in [2.45, 2.75) is 13.0 Å². The van der Waals surface area contributed by atoms with Gasteiger partial charge in [0, 0.05) is 5.69 Å². The Bertz CT molecular complexity index is 903. The topological polar surface area (TPSA) is 86.1 Å². The van der Waals surface area contributed by atoms with E-state index in [1.165, 1.54) is 7.11 Å². The van der Waals surface area contributed by atoms with Gasteiger partial charge in [0.2, 0.25) is 5.91 Å². The van der Waals surface area contributed by atoms with E-state index < -0.39 is 12.0 Å². The zero-order valence-electron chi connectivity index (χ0n) is 13.3. The van der Waals surface area contributed by atoms with Crippen LogP contribution in [0.1, 0.15) is 23.3 Å². The Labute approximate surface area is 138 Å². The molecule has 0 fully saturated rings. The number of esters is 1. The van der Waals surface area contributed by atoms with Crippen molar-refractivity contribution in [3.63, 3.8) is 0 Å². The van der Waals surface area contributed by atoms with Crippen molar-refractivity contribution in [1.29, 1.82) is 0 Å². The van der Waals surface area contributed by atoms with E-state index in [1.54, 1.807) is 35.9 Å². The quantitative estimate of drug-likeness (QED) is 0.745. The highest BCUT2D eigenvalue weighted by atomic mass is 16.5. The first kappa shape index (κ1) is 15.7. The molecule has 1 heterocycles. The Morgan fingerprint density at radius 1 is 1.17 bits per heavy atom. The summed E-state index contributed by atoms with van der Waals surface area (Å²) in [6.07, 6.45) is 0. The van der Waals surface area contributed by atoms with Crippen molar-refractivity contribution in [1.82, 2.24) is 15.0 Å². The van der Waals surface area contributed by atoms with Gasteiger partial charge in [-0.05, 0) is 37.3 Å². The van der Waals surface area contributed by atoms with Gasteiger partial charge in [0.15, 0.2) is 0 Å². The molecule has 0 aliphatic heterocycles. The summed E-state index contributed by atoms with van der Waals surface area (Å²) >= 11 is 0. The maximum atomic E-state index is 12.5. The molecular weight excluding hydrogens is 308 g/mol. The number of rotatable bonds is 4. The predicted molar refractivity (Wildman–Crippen MR) is 88.7 cm³/mol. The number of aromatic nitrogens is 3. The van der Waals surface area contributed by atoms with Crippen molar-refractivity contribution in [2.75, 3.05) is 12.4 Å². The van der Waals surface area contributed by atoms with Crippen molar-refractivity contribution < 1.29 is 14.3 Å². The summed E-state index contributed by atoms with van der Waals surface area (Å²) < 4.78 is 6.24. The van der Waals surface area contributed by atoms with Gasteiger partial charge in [-0.15, -0.1) is 5.10 Å². The van der Waals surface area contributed by atoms with Crippen molar-refractivity contribution in [3.05, 3.63) is 54.1 Å². The molecule has 0 saturated carbocycles. The number of benzene rings is 2. The number of ether oxygens (including phenoxy) is 1.